The van der Waals surface area contributed by atoms with Crippen LogP contribution in [0.1, 0.15) is 34.7 Å². The highest BCUT2D eigenvalue weighted by Crippen LogP contribution is 2.33. The Morgan fingerprint density at radius 1 is 1.15 bits per heavy atom. The van der Waals surface area contributed by atoms with Crippen molar-refractivity contribution in [1.29, 1.82) is 0 Å². The van der Waals surface area contributed by atoms with Crippen molar-refractivity contribution in [2.24, 2.45) is 0 Å². The molecule has 0 bridgehead atoms. The van der Waals surface area contributed by atoms with Crippen molar-refractivity contribution in [2.75, 3.05) is 37.7 Å². The van der Waals surface area contributed by atoms with Crippen molar-refractivity contribution >= 4 is 11.6 Å². The van der Waals surface area contributed by atoms with Gasteiger partial charge in [0, 0.05) is 44.3 Å². The molecule has 6 nitrogen and oxygen atoms in total. The number of ether oxygens (including phenoxy) is 1. The molecule has 4 rings (SSSR count). The van der Waals surface area contributed by atoms with Crippen molar-refractivity contribution in [3.8, 4) is 0 Å². The van der Waals surface area contributed by atoms with Crippen LogP contribution in [0.2, 0.25) is 0 Å². The number of morpholine rings is 1. The Kier molecular flexibility index (Phi) is 4.44. The number of anilines is 1. The number of hydrogen-bond acceptors (Lipinski definition) is 5. The van der Waals surface area contributed by atoms with Gasteiger partial charge < -0.3 is 19.0 Å². The summed E-state index contributed by atoms with van der Waals surface area (Å²) in [4.78, 5) is 21.2. The summed E-state index contributed by atoms with van der Waals surface area (Å²) in [6, 6.07) is 5.92. The summed E-state index contributed by atoms with van der Waals surface area (Å²) in [7, 11) is 0. The molecule has 138 valence electrons. The quantitative estimate of drug-likeness (QED) is 0.829. The summed E-state index contributed by atoms with van der Waals surface area (Å²) in [5.74, 6) is 1.55. The number of furan rings is 1. The highest BCUT2D eigenvalue weighted by molar-refractivity contribution is 5.95. The molecule has 0 radical (unpaired) electrons. The van der Waals surface area contributed by atoms with Crippen LogP contribution in [0.4, 0.5) is 5.69 Å². The molecule has 4 heterocycles. The number of hydrogen-bond donors (Lipinski definition) is 0. The van der Waals surface area contributed by atoms with Gasteiger partial charge in [0.05, 0.1) is 17.8 Å². The van der Waals surface area contributed by atoms with E-state index in [4.69, 9.17) is 9.15 Å². The smallest absolute Gasteiger partial charge is 0.257 e. The maximum Gasteiger partial charge on any atom is 0.257 e. The van der Waals surface area contributed by atoms with E-state index in [1.807, 2.05) is 49.3 Å². The molecule has 0 aromatic carbocycles. The number of nitrogens with zero attached hydrogens (tertiary/aromatic N) is 3. The zero-order valence-corrected chi connectivity index (χ0v) is 15.4. The van der Waals surface area contributed by atoms with Gasteiger partial charge in [0.25, 0.3) is 5.91 Å². The van der Waals surface area contributed by atoms with E-state index in [1.54, 1.807) is 0 Å². The predicted molar refractivity (Wildman–Crippen MR) is 98.5 cm³/mol. The number of piperidine rings is 1. The van der Waals surface area contributed by atoms with Crippen LogP contribution >= 0.6 is 0 Å². The normalized spacial score (nSPS) is 19.8. The van der Waals surface area contributed by atoms with Gasteiger partial charge in [0.15, 0.2) is 0 Å². The molecule has 1 spiro atoms. The molecule has 26 heavy (non-hydrogen) atoms. The first-order valence-corrected chi connectivity index (χ1v) is 9.22. The van der Waals surface area contributed by atoms with E-state index in [9.17, 15) is 4.79 Å². The second-order valence-corrected chi connectivity index (χ2v) is 7.28. The molecule has 2 aliphatic rings. The Hall–Kier alpha value is -2.34. The summed E-state index contributed by atoms with van der Waals surface area (Å²) < 4.78 is 11.7. The number of aromatic nitrogens is 1. The molecule has 0 N–H and O–H groups in total. The molecule has 0 atom stereocenters. The van der Waals surface area contributed by atoms with Crippen LogP contribution in [-0.4, -0.2) is 54.2 Å². The molecule has 0 saturated carbocycles. The van der Waals surface area contributed by atoms with Crippen molar-refractivity contribution in [3.63, 3.8) is 0 Å². The summed E-state index contributed by atoms with van der Waals surface area (Å²) in [5.41, 5.74) is 1.70. The van der Waals surface area contributed by atoms with Gasteiger partial charge in [-0.05, 0) is 44.9 Å². The van der Waals surface area contributed by atoms with E-state index in [0.717, 1.165) is 38.3 Å². The monoisotopic (exact) mass is 355 g/mol. The van der Waals surface area contributed by atoms with Gasteiger partial charge in [-0.2, -0.15) is 0 Å². The lowest BCUT2D eigenvalue weighted by atomic mass is 9.89. The maximum atomic E-state index is 12.8. The summed E-state index contributed by atoms with van der Waals surface area (Å²) in [6.45, 7) is 7.63. The number of pyridine rings is 1. The van der Waals surface area contributed by atoms with Crippen molar-refractivity contribution in [3.05, 3.63) is 47.7 Å². The molecule has 6 heteroatoms. The molecule has 2 aromatic heterocycles. The van der Waals surface area contributed by atoms with E-state index in [2.05, 4.69) is 9.88 Å². The number of aryl methyl sites for hydroxylation is 2. The third-order valence-corrected chi connectivity index (χ3v) is 5.51. The lowest BCUT2D eigenvalue weighted by Gasteiger charge is -2.48. The Morgan fingerprint density at radius 3 is 2.54 bits per heavy atom. The largest absolute Gasteiger partial charge is 0.466 e. The number of carbonyl (C=O) groups excluding carboxylic acids is 1. The molecule has 1 amide bonds. The number of carbonyl (C=O) groups is 1. The van der Waals surface area contributed by atoms with Crippen LogP contribution in [0.15, 0.2) is 35.0 Å². The molecule has 2 saturated heterocycles. The van der Waals surface area contributed by atoms with Crippen LogP contribution in [0.3, 0.4) is 0 Å². The molecule has 2 aliphatic heterocycles. The molecule has 0 unspecified atom stereocenters. The summed E-state index contributed by atoms with van der Waals surface area (Å²) in [5, 5.41) is 0. The zero-order valence-electron chi connectivity index (χ0n) is 15.4. The van der Waals surface area contributed by atoms with E-state index in [0.29, 0.717) is 24.4 Å². The third kappa shape index (κ3) is 3.21. The number of likely N-dealkylation sites (tertiary alicyclic amines) is 1. The summed E-state index contributed by atoms with van der Waals surface area (Å²) >= 11 is 0. The van der Waals surface area contributed by atoms with Crippen molar-refractivity contribution in [1.82, 2.24) is 9.88 Å². The van der Waals surface area contributed by atoms with E-state index in [1.165, 1.54) is 5.69 Å². The van der Waals surface area contributed by atoms with Crippen LogP contribution in [-0.2, 0) is 4.74 Å². The molecule has 0 aliphatic carbocycles. The highest BCUT2D eigenvalue weighted by atomic mass is 16.5. The van der Waals surface area contributed by atoms with Crippen LogP contribution < -0.4 is 4.90 Å². The molecular formula is C20H25N3O3. The molecule has 2 aromatic rings. The number of amides is 1. The van der Waals surface area contributed by atoms with Gasteiger partial charge in [-0.25, -0.2) is 0 Å². The zero-order chi connectivity index (χ0) is 18.1. The second-order valence-electron chi connectivity index (χ2n) is 7.28. The minimum absolute atomic E-state index is 0.0657. The standard InChI is InChI=1S/C20H25N3O3/c1-15-13-18(16(2)26-15)19(24)22-9-5-20(6-10-22)14-23(11-12-25-20)17-3-7-21-8-4-17/h3-4,7-8,13H,5-6,9-12,14H2,1-2H3. The van der Waals surface area contributed by atoms with Gasteiger partial charge in [-0.15, -0.1) is 0 Å². The average Bonchev–Trinajstić information content (AvgIpc) is 3.01. The molecular weight excluding hydrogens is 330 g/mol. The number of rotatable bonds is 2. The topological polar surface area (TPSA) is 58.8 Å². The Labute approximate surface area is 153 Å². The fraction of sp³-hybridized carbons (Fsp3) is 0.500. The predicted octanol–water partition coefficient (Wildman–Crippen LogP) is 2.80. The lowest BCUT2D eigenvalue weighted by Crippen LogP contribution is -2.57. The first kappa shape index (κ1) is 17.1. The van der Waals surface area contributed by atoms with Gasteiger partial charge in [-0.3, -0.25) is 9.78 Å². The van der Waals surface area contributed by atoms with Gasteiger partial charge >= 0.3 is 0 Å². The van der Waals surface area contributed by atoms with E-state index >= 15 is 0 Å². The van der Waals surface area contributed by atoms with Crippen molar-refractivity contribution in [2.45, 2.75) is 32.3 Å². The SMILES string of the molecule is Cc1cc(C(=O)N2CCC3(CC2)CN(c2ccncc2)CCO3)c(C)o1. The van der Waals surface area contributed by atoms with Crippen LogP contribution in [0, 0.1) is 13.8 Å². The lowest BCUT2D eigenvalue weighted by molar-refractivity contribution is -0.0868. The fourth-order valence-electron chi connectivity index (χ4n) is 4.05. The highest BCUT2D eigenvalue weighted by Gasteiger charge is 2.41. The minimum Gasteiger partial charge on any atom is -0.466 e. The van der Waals surface area contributed by atoms with Crippen molar-refractivity contribution < 1.29 is 13.9 Å². The van der Waals surface area contributed by atoms with E-state index in [-0.39, 0.29) is 11.5 Å². The first-order valence-electron chi connectivity index (χ1n) is 9.22. The van der Waals surface area contributed by atoms with Crippen LogP contribution in [0.25, 0.3) is 0 Å². The van der Waals surface area contributed by atoms with E-state index < -0.39 is 0 Å². The fourth-order valence-corrected chi connectivity index (χ4v) is 4.05. The maximum absolute atomic E-state index is 12.8. The van der Waals surface area contributed by atoms with Crippen LogP contribution in [0.5, 0.6) is 0 Å². The minimum atomic E-state index is -0.167. The Bertz CT molecular complexity index is 779. The Balaban J connectivity index is 1.42. The molecule has 2 fully saturated rings. The first-order chi connectivity index (χ1) is 12.6. The second kappa shape index (κ2) is 6.76. The Morgan fingerprint density at radius 2 is 1.88 bits per heavy atom. The van der Waals surface area contributed by atoms with Gasteiger partial charge in [-0.1, -0.05) is 0 Å². The van der Waals surface area contributed by atoms with Gasteiger partial charge in [0.2, 0.25) is 0 Å². The third-order valence-electron chi connectivity index (χ3n) is 5.51. The summed E-state index contributed by atoms with van der Waals surface area (Å²) in [6.07, 6.45) is 5.37. The van der Waals surface area contributed by atoms with Gasteiger partial charge in [0.1, 0.15) is 11.5 Å². The average molecular weight is 355 g/mol.